The molecule has 17 heavy (non-hydrogen) atoms. The topological polar surface area (TPSA) is 61.4 Å². The minimum absolute atomic E-state index is 0.0954. The van der Waals surface area contributed by atoms with Crippen molar-refractivity contribution in [3.05, 3.63) is 48.2 Å². The fourth-order valence-corrected chi connectivity index (χ4v) is 1.70. The molecule has 0 unspecified atom stereocenters. The van der Waals surface area contributed by atoms with Crippen molar-refractivity contribution >= 4 is 5.97 Å². The van der Waals surface area contributed by atoms with E-state index in [0.717, 1.165) is 11.3 Å². The summed E-state index contributed by atoms with van der Waals surface area (Å²) in [6, 6.07) is 10.9. The van der Waals surface area contributed by atoms with Crippen LogP contribution < -0.4 is 4.57 Å². The van der Waals surface area contributed by atoms with Crippen LogP contribution in [0.25, 0.3) is 11.3 Å². The summed E-state index contributed by atoms with van der Waals surface area (Å²) in [5.74, 6) is -1.38. The molecule has 0 fully saturated rings. The first-order chi connectivity index (χ1) is 8.09. The molecule has 0 aliphatic heterocycles. The third kappa shape index (κ3) is 2.10. The smallest absolute Gasteiger partial charge is 0.339 e. The van der Waals surface area contributed by atoms with E-state index in [0.29, 0.717) is 0 Å². The first-order valence-electron chi connectivity index (χ1n) is 5.11. The summed E-state index contributed by atoms with van der Waals surface area (Å²) in [7, 11) is 1.76. The van der Waals surface area contributed by atoms with Crippen LogP contribution >= 0.6 is 0 Å². The van der Waals surface area contributed by atoms with Gasteiger partial charge in [0.15, 0.2) is 5.75 Å². The molecule has 0 saturated heterocycles. The molecule has 2 rings (SSSR count). The Hall–Kier alpha value is -2.36. The van der Waals surface area contributed by atoms with Gasteiger partial charge in [-0.2, -0.15) is 4.57 Å². The summed E-state index contributed by atoms with van der Waals surface area (Å²) < 4.78 is 1.69. The second kappa shape index (κ2) is 4.25. The van der Waals surface area contributed by atoms with Crippen LogP contribution in [-0.2, 0) is 7.05 Å². The zero-order valence-corrected chi connectivity index (χ0v) is 9.29. The number of carboxylic acid groups (broad SMARTS) is 1. The van der Waals surface area contributed by atoms with E-state index in [4.69, 9.17) is 5.11 Å². The lowest BCUT2D eigenvalue weighted by Gasteiger charge is -2.03. The minimum Gasteiger partial charge on any atom is -0.502 e. The van der Waals surface area contributed by atoms with Crippen LogP contribution in [0.15, 0.2) is 42.6 Å². The van der Waals surface area contributed by atoms with Gasteiger partial charge in [0.05, 0.1) is 0 Å². The number of aryl methyl sites for hydroxylation is 1. The van der Waals surface area contributed by atoms with Gasteiger partial charge in [-0.1, -0.05) is 18.2 Å². The zero-order valence-electron chi connectivity index (χ0n) is 9.29. The van der Waals surface area contributed by atoms with Gasteiger partial charge in [0, 0.05) is 11.6 Å². The van der Waals surface area contributed by atoms with E-state index in [1.807, 2.05) is 30.3 Å². The Bertz CT molecular complexity index is 564. The SMILES string of the molecule is C[n+]1cc(O)c(C(=O)O)cc1-c1ccccc1. The lowest BCUT2D eigenvalue weighted by Crippen LogP contribution is -2.31. The normalized spacial score (nSPS) is 10.2. The Kier molecular flexibility index (Phi) is 2.78. The van der Waals surface area contributed by atoms with Gasteiger partial charge >= 0.3 is 5.97 Å². The van der Waals surface area contributed by atoms with Gasteiger partial charge in [0.25, 0.3) is 0 Å². The third-order valence-electron chi connectivity index (χ3n) is 2.55. The Morgan fingerprint density at radius 1 is 1.24 bits per heavy atom. The van der Waals surface area contributed by atoms with E-state index in [1.165, 1.54) is 12.3 Å². The first-order valence-corrected chi connectivity index (χ1v) is 5.11. The number of benzene rings is 1. The molecule has 0 atom stereocenters. The van der Waals surface area contributed by atoms with E-state index in [1.54, 1.807) is 11.6 Å². The highest BCUT2D eigenvalue weighted by atomic mass is 16.4. The highest BCUT2D eigenvalue weighted by molar-refractivity contribution is 5.91. The standard InChI is InChI=1S/C13H11NO3/c1-14-8-12(15)10(13(16)17)7-11(14)9-5-3-2-4-6-9/h2-8H,1H3,(H-,15,16,17)/p+1. The zero-order chi connectivity index (χ0) is 12.4. The maximum Gasteiger partial charge on any atom is 0.339 e. The van der Waals surface area contributed by atoms with E-state index in [2.05, 4.69) is 0 Å². The van der Waals surface area contributed by atoms with Crippen molar-refractivity contribution < 1.29 is 19.6 Å². The second-order valence-electron chi connectivity index (χ2n) is 3.74. The fraction of sp³-hybridized carbons (Fsp3) is 0.0769. The lowest BCUT2D eigenvalue weighted by molar-refractivity contribution is -0.660. The predicted octanol–water partition coefficient (Wildman–Crippen LogP) is 1.58. The molecule has 0 amide bonds. The van der Waals surface area contributed by atoms with Gasteiger partial charge in [-0.3, -0.25) is 0 Å². The number of aromatic carboxylic acids is 1. The largest absolute Gasteiger partial charge is 0.502 e. The molecule has 4 heteroatoms. The molecule has 0 saturated carbocycles. The number of nitrogens with zero attached hydrogens (tertiary/aromatic N) is 1. The minimum atomic E-state index is -1.14. The van der Waals surface area contributed by atoms with Crippen LogP contribution in [0.5, 0.6) is 5.75 Å². The van der Waals surface area contributed by atoms with Crippen molar-refractivity contribution in [3.63, 3.8) is 0 Å². The Morgan fingerprint density at radius 2 is 1.88 bits per heavy atom. The predicted molar refractivity (Wildman–Crippen MR) is 61.7 cm³/mol. The van der Waals surface area contributed by atoms with E-state index >= 15 is 0 Å². The molecule has 1 aromatic carbocycles. The molecule has 2 N–H and O–H groups in total. The molecule has 0 spiro atoms. The maximum atomic E-state index is 10.9. The maximum absolute atomic E-state index is 10.9. The van der Waals surface area contributed by atoms with Gasteiger partial charge in [0.1, 0.15) is 12.6 Å². The molecule has 0 radical (unpaired) electrons. The number of carbonyl (C=O) groups is 1. The highest BCUT2D eigenvalue weighted by Gasteiger charge is 2.18. The summed E-state index contributed by atoms with van der Waals surface area (Å²) in [5, 5.41) is 18.5. The number of pyridine rings is 1. The average molecular weight is 230 g/mol. The van der Waals surface area contributed by atoms with Crippen molar-refractivity contribution in [2.75, 3.05) is 0 Å². The molecule has 4 nitrogen and oxygen atoms in total. The molecular weight excluding hydrogens is 218 g/mol. The third-order valence-corrected chi connectivity index (χ3v) is 2.55. The van der Waals surface area contributed by atoms with Gasteiger partial charge < -0.3 is 10.2 Å². The van der Waals surface area contributed by atoms with Crippen LogP contribution in [0.1, 0.15) is 10.4 Å². The van der Waals surface area contributed by atoms with Crippen molar-refractivity contribution in [1.82, 2.24) is 0 Å². The molecule has 2 aromatic rings. The van der Waals surface area contributed by atoms with Gasteiger partial charge in [0.2, 0.25) is 11.9 Å². The first kappa shape index (κ1) is 11.1. The fourth-order valence-electron chi connectivity index (χ4n) is 1.70. The summed E-state index contributed by atoms with van der Waals surface area (Å²) in [6.07, 6.45) is 1.39. The number of carboxylic acids is 1. The van der Waals surface area contributed by atoms with E-state index in [9.17, 15) is 9.90 Å². The van der Waals surface area contributed by atoms with E-state index < -0.39 is 5.97 Å². The number of hydrogen-bond acceptors (Lipinski definition) is 2. The van der Waals surface area contributed by atoms with Crippen LogP contribution in [-0.4, -0.2) is 16.2 Å². The number of rotatable bonds is 2. The van der Waals surface area contributed by atoms with Crippen molar-refractivity contribution in [1.29, 1.82) is 0 Å². The Labute approximate surface area is 98.4 Å². The summed E-state index contributed by atoms with van der Waals surface area (Å²) in [6.45, 7) is 0. The van der Waals surface area contributed by atoms with Gasteiger partial charge in [-0.25, -0.2) is 4.79 Å². The second-order valence-corrected chi connectivity index (χ2v) is 3.74. The summed E-state index contributed by atoms with van der Waals surface area (Å²) >= 11 is 0. The van der Waals surface area contributed by atoms with Crippen LogP contribution in [0.2, 0.25) is 0 Å². The van der Waals surface area contributed by atoms with Crippen LogP contribution in [0.4, 0.5) is 0 Å². The van der Waals surface area contributed by atoms with Crippen molar-refractivity contribution in [2.45, 2.75) is 0 Å². The quantitative estimate of drug-likeness (QED) is 0.770. The molecule has 0 aliphatic carbocycles. The van der Waals surface area contributed by atoms with Crippen LogP contribution in [0.3, 0.4) is 0 Å². The van der Waals surface area contributed by atoms with Crippen molar-refractivity contribution in [3.8, 4) is 17.0 Å². The summed E-state index contributed by atoms with van der Waals surface area (Å²) in [5.41, 5.74) is 1.54. The number of aromatic nitrogens is 1. The van der Waals surface area contributed by atoms with E-state index in [-0.39, 0.29) is 11.3 Å². The molecular formula is C13H12NO3+. The number of aromatic hydroxyl groups is 1. The average Bonchev–Trinajstić information content (AvgIpc) is 2.29. The number of hydrogen-bond donors (Lipinski definition) is 2. The van der Waals surface area contributed by atoms with Gasteiger partial charge in [-0.15, -0.1) is 0 Å². The molecule has 1 heterocycles. The lowest BCUT2D eigenvalue weighted by atomic mass is 10.1. The van der Waals surface area contributed by atoms with Crippen LogP contribution in [0, 0.1) is 0 Å². The van der Waals surface area contributed by atoms with Crippen molar-refractivity contribution in [2.24, 2.45) is 7.05 Å². The monoisotopic (exact) mass is 230 g/mol. The molecule has 0 bridgehead atoms. The Balaban J connectivity index is 2.63. The molecule has 0 aliphatic rings. The molecule has 86 valence electrons. The van der Waals surface area contributed by atoms with Gasteiger partial charge in [-0.05, 0) is 12.1 Å². The Morgan fingerprint density at radius 3 is 2.47 bits per heavy atom. The molecule has 1 aromatic heterocycles. The highest BCUT2D eigenvalue weighted by Crippen LogP contribution is 2.21. The summed E-state index contributed by atoms with van der Waals surface area (Å²) in [4.78, 5) is 10.9.